The molecule has 0 amide bonds. The average Bonchev–Trinajstić information content (AvgIpc) is 2.56. The molecule has 3 nitrogen and oxygen atoms in total. The van der Waals surface area contributed by atoms with Crippen molar-refractivity contribution in [2.45, 2.75) is 25.8 Å². The van der Waals surface area contributed by atoms with Crippen LogP contribution in [-0.4, -0.2) is 14.5 Å². The summed E-state index contributed by atoms with van der Waals surface area (Å²) in [7, 11) is 0. The highest BCUT2D eigenvalue weighted by Crippen LogP contribution is 2.23. The summed E-state index contributed by atoms with van der Waals surface area (Å²) < 4.78 is 2.10. The minimum absolute atomic E-state index is 0.0673. The lowest BCUT2D eigenvalue weighted by molar-refractivity contribution is 0.716. The van der Waals surface area contributed by atoms with E-state index in [9.17, 15) is 0 Å². The average molecular weight is 210 g/mol. The zero-order valence-electron chi connectivity index (χ0n) is 8.24. The van der Waals surface area contributed by atoms with Crippen LogP contribution in [0.1, 0.15) is 25.0 Å². The summed E-state index contributed by atoms with van der Waals surface area (Å²) in [4.78, 5) is 8.56. The van der Waals surface area contributed by atoms with Crippen LogP contribution in [0.4, 0.5) is 0 Å². The van der Waals surface area contributed by atoms with Gasteiger partial charge in [0, 0.05) is 12.7 Å². The van der Waals surface area contributed by atoms with E-state index in [0.29, 0.717) is 0 Å². The van der Waals surface area contributed by atoms with Crippen LogP contribution < -0.4 is 0 Å². The van der Waals surface area contributed by atoms with Gasteiger partial charge in [-0.3, -0.25) is 4.98 Å². The Kier molecular flexibility index (Phi) is 2.42. The van der Waals surface area contributed by atoms with E-state index in [2.05, 4.69) is 21.5 Å². The molecule has 2 aromatic rings. The van der Waals surface area contributed by atoms with Crippen molar-refractivity contribution in [3.8, 4) is 0 Å². The SMILES string of the molecule is CCn1c(C(C)Cl)nc2ccncc21. The molecule has 0 aromatic carbocycles. The van der Waals surface area contributed by atoms with Crippen molar-refractivity contribution in [1.29, 1.82) is 0 Å². The molecule has 0 aliphatic heterocycles. The maximum Gasteiger partial charge on any atom is 0.127 e. The quantitative estimate of drug-likeness (QED) is 0.713. The Hall–Kier alpha value is -1.09. The first-order valence-electron chi connectivity index (χ1n) is 4.68. The molecule has 0 fully saturated rings. The van der Waals surface area contributed by atoms with Crippen molar-refractivity contribution in [2.75, 3.05) is 0 Å². The van der Waals surface area contributed by atoms with E-state index < -0.39 is 0 Å². The standard InChI is InChI=1S/C10H12ClN3/c1-3-14-9-6-12-5-4-8(9)13-10(14)7(2)11/h4-7H,3H2,1-2H3. The van der Waals surface area contributed by atoms with E-state index in [4.69, 9.17) is 11.6 Å². The smallest absolute Gasteiger partial charge is 0.127 e. The first-order valence-corrected chi connectivity index (χ1v) is 5.12. The van der Waals surface area contributed by atoms with Gasteiger partial charge in [-0.1, -0.05) is 0 Å². The predicted molar refractivity (Wildman–Crippen MR) is 57.5 cm³/mol. The topological polar surface area (TPSA) is 30.7 Å². The Morgan fingerprint density at radius 1 is 1.57 bits per heavy atom. The second-order valence-corrected chi connectivity index (χ2v) is 3.85. The first-order chi connectivity index (χ1) is 6.74. The van der Waals surface area contributed by atoms with Crippen LogP contribution in [0, 0.1) is 0 Å². The van der Waals surface area contributed by atoms with Crippen LogP contribution in [0.5, 0.6) is 0 Å². The lowest BCUT2D eigenvalue weighted by Crippen LogP contribution is -2.01. The van der Waals surface area contributed by atoms with Gasteiger partial charge >= 0.3 is 0 Å². The van der Waals surface area contributed by atoms with Crippen LogP contribution in [-0.2, 0) is 6.54 Å². The molecular formula is C10H12ClN3. The highest BCUT2D eigenvalue weighted by Gasteiger charge is 2.12. The summed E-state index contributed by atoms with van der Waals surface area (Å²) in [6, 6.07) is 1.91. The molecular weight excluding hydrogens is 198 g/mol. The molecule has 0 N–H and O–H groups in total. The van der Waals surface area contributed by atoms with E-state index in [-0.39, 0.29) is 5.38 Å². The maximum atomic E-state index is 6.05. The molecule has 1 unspecified atom stereocenters. The minimum atomic E-state index is -0.0673. The van der Waals surface area contributed by atoms with Gasteiger partial charge in [-0.15, -0.1) is 11.6 Å². The van der Waals surface area contributed by atoms with Crippen molar-refractivity contribution in [1.82, 2.24) is 14.5 Å². The largest absolute Gasteiger partial charge is 0.326 e. The minimum Gasteiger partial charge on any atom is -0.326 e. The van der Waals surface area contributed by atoms with Gasteiger partial charge in [-0.2, -0.15) is 0 Å². The lowest BCUT2D eigenvalue weighted by atomic mass is 10.4. The van der Waals surface area contributed by atoms with Crippen LogP contribution in [0.2, 0.25) is 0 Å². The zero-order chi connectivity index (χ0) is 10.1. The maximum absolute atomic E-state index is 6.05. The number of nitrogens with zero attached hydrogens (tertiary/aromatic N) is 3. The second kappa shape index (κ2) is 3.58. The normalized spacial score (nSPS) is 13.4. The molecule has 0 radical (unpaired) electrons. The number of fused-ring (bicyclic) bond motifs is 1. The number of alkyl halides is 1. The number of rotatable bonds is 2. The molecule has 2 aromatic heterocycles. The molecule has 1 atom stereocenters. The molecule has 74 valence electrons. The van der Waals surface area contributed by atoms with Crippen molar-refractivity contribution in [3.63, 3.8) is 0 Å². The summed E-state index contributed by atoms with van der Waals surface area (Å²) in [6.45, 7) is 4.88. The number of imidazole rings is 1. The molecule has 2 heterocycles. The van der Waals surface area contributed by atoms with Crippen molar-refractivity contribution < 1.29 is 0 Å². The number of halogens is 1. The Morgan fingerprint density at radius 2 is 2.36 bits per heavy atom. The second-order valence-electron chi connectivity index (χ2n) is 3.19. The van der Waals surface area contributed by atoms with Crippen molar-refractivity contribution >= 4 is 22.6 Å². The van der Waals surface area contributed by atoms with Crippen molar-refractivity contribution in [2.24, 2.45) is 0 Å². The van der Waals surface area contributed by atoms with E-state index in [0.717, 1.165) is 23.4 Å². The molecule has 0 bridgehead atoms. The van der Waals surface area contributed by atoms with Crippen LogP contribution in [0.15, 0.2) is 18.5 Å². The van der Waals surface area contributed by atoms with Gasteiger partial charge in [0.05, 0.1) is 22.6 Å². The van der Waals surface area contributed by atoms with Gasteiger partial charge < -0.3 is 4.57 Å². The van der Waals surface area contributed by atoms with E-state index in [1.807, 2.05) is 19.2 Å². The third-order valence-corrected chi connectivity index (χ3v) is 2.45. The highest BCUT2D eigenvalue weighted by atomic mass is 35.5. The predicted octanol–water partition coefficient (Wildman–Crippen LogP) is 2.75. The van der Waals surface area contributed by atoms with Gasteiger partial charge in [-0.05, 0) is 19.9 Å². The monoisotopic (exact) mass is 209 g/mol. The number of pyridine rings is 1. The highest BCUT2D eigenvalue weighted by molar-refractivity contribution is 6.20. The molecule has 0 saturated heterocycles. The molecule has 0 spiro atoms. The molecule has 0 aliphatic carbocycles. The summed E-state index contributed by atoms with van der Waals surface area (Å²) in [5, 5.41) is -0.0673. The summed E-state index contributed by atoms with van der Waals surface area (Å²) >= 11 is 6.05. The third-order valence-electron chi connectivity index (χ3n) is 2.25. The lowest BCUT2D eigenvalue weighted by Gasteiger charge is -2.06. The molecule has 2 rings (SSSR count). The number of aryl methyl sites for hydroxylation is 1. The Morgan fingerprint density at radius 3 is 3.00 bits per heavy atom. The first kappa shape index (κ1) is 9.46. The number of aromatic nitrogens is 3. The number of hydrogen-bond acceptors (Lipinski definition) is 2. The Labute approximate surface area is 87.7 Å². The van der Waals surface area contributed by atoms with Crippen LogP contribution >= 0.6 is 11.6 Å². The Bertz CT molecular complexity index is 448. The Balaban J connectivity index is 2.72. The van der Waals surface area contributed by atoms with Gasteiger partial charge in [0.15, 0.2) is 0 Å². The molecule has 0 saturated carbocycles. The number of hydrogen-bond donors (Lipinski definition) is 0. The fourth-order valence-corrected chi connectivity index (χ4v) is 1.79. The van der Waals surface area contributed by atoms with Crippen LogP contribution in [0.3, 0.4) is 0 Å². The van der Waals surface area contributed by atoms with E-state index in [1.165, 1.54) is 0 Å². The molecule has 0 aliphatic rings. The molecule has 14 heavy (non-hydrogen) atoms. The third kappa shape index (κ3) is 1.38. The summed E-state index contributed by atoms with van der Waals surface area (Å²) in [5.74, 6) is 0.914. The van der Waals surface area contributed by atoms with E-state index >= 15 is 0 Å². The van der Waals surface area contributed by atoms with E-state index in [1.54, 1.807) is 6.20 Å². The van der Waals surface area contributed by atoms with Gasteiger partial charge in [0.1, 0.15) is 5.82 Å². The zero-order valence-corrected chi connectivity index (χ0v) is 8.99. The molecule has 4 heteroatoms. The fraction of sp³-hybridized carbons (Fsp3) is 0.400. The van der Waals surface area contributed by atoms with Gasteiger partial charge in [0.2, 0.25) is 0 Å². The summed E-state index contributed by atoms with van der Waals surface area (Å²) in [6.07, 6.45) is 3.58. The van der Waals surface area contributed by atoms with Crippen LogP contribution in [0.25, 0.3) is 11.0 Å². The fourth-order valence-electron chi connectivity index (χ4n) is 1.62. The van der Waals surface area contributed by atoms with Gasteiger partial charge in [-0.25, -0.2) is 4.98 Å². The van der Waals surface area contributed by atoms with Crippen molar-refractivity contribution in [3.05, 3.63) is 24.3 Å². The summed E-state index contributed by atoms with van der Waals surface area (Å²) in [5.41, 5.74) is 2.02. The van der Waals surface area contributed by atoms with Gasteiger partial charge in [0.25, 0.3) is 0 Å².